The number of azo groups is 1. The smallest absolute Gasteiger partial charge is 0.257 e. The summed E-state index contributed by atoms with van der Waals surface area (Å²) in [5.41, 5.74) is 0.848. The predicted molar refractivity (Wildman–Crippen MR) is 76.1 cm³/mol. The van der Waals surface area contributed by atoms with Crippen molar-refractivity contribution in [3.63, 3.8) is 0 Å². The molecule has 1 unspecified atom stereocenters. The third-order valence-corrected chi connectivity index (χ3v) is 4.74. The summed E-state index contributed by atoms with van der Waals surface area (Å²) in [6.45, 7) is 0. The molecule has 0 bridgehead atoms. The van der Waals surface area contributed by atoms with E-state index in [1.807, 2.05) is 30.3 Å². The minimum absolute atomic E-state index is 0.00498. The average Bonchev–Trinajstić information content (AvgIpc) is 3.10. The summed E-state index contributed by atoms with van der Waals surface area (Å²) in [5.74, 6) is 0. The number of thioether (sulfide) groups is 1. The van der Waals surface area contributed by atoms with Crippen LogP contribution in [0.3, 0.4) is 0 Å². The highest BCUT2D eigenvalue weighted by molar-refractivity contribution is 8.01. The minimum Gasteiger partial charge on any atom is -0.257 e. The molecule has 0 amide bonds. The van der Waals surface area contributed by atoms with E-state index in [1.54, 1.807) is 0 Å². The molecule has 1 aliphatic rings. The van der Waals surface area contributed by atoms with Gasteiger partial charge in [-0.3, -0.25) is 10.1 Å². The lowest BCUT2D eigenvalue weighted by Gasteiger charge is -2.19. The van der Waals surface area contributed by atoms with Crippen LogP contribution in [0, 0.1) is 10.1 Å². The third kappa shape index (κ3) is 2.32. The first kappa shape index (κ1) is 12.9. The monoisotopic (exact) mass is 305 g/mol. The highest BCUT2D eigenvalue weighted by Crippen LogP contribution is 2.47. The lowest BCUT2D eigenvalue weighted by molar-refractivity contribution is -0.380. The second-order valence-corrected chi connectivity index (χ2v) is 6.19. The zero-order chi connectivity index (χ0) is 14.0. The fraction of sp³-hybridized carbons (Fsp3) is 0.0909. The van der Waals surface area contributed by atoms with E-state index in [4.69, 9.17) is 0 Å². The Balaban J connectivity index is 1.94. The molecule has 100 valence electrons. The molecule has 1 aromatic carbocycles. The Hall–Kier alpha value is -2.13. The Morgan fingerprint density at radius 1 is 1.30 bits per heavy atom. The molecule has 20 heavy (non-hydrogen) atoms. The first-order valence-electron chi connectivity index (χ1n) is 5.50. The SMILES string of the molecule is O=[N+]([O-])c1cnc(SC2(c3ccccc3)N=CN=N2)s1. The highest BCUT2D eigenvalue weighted by Gasteiger charge is 2.36. The van der Waals surface area contributed by atoms with E-state index in [9.17, 15) is 10.1 Å². The molecule has 7 nitrogen and oxygen atoms in total. The number of nitrogens with zero attached hydrogens (tertiary/aromatic N) is 5. The molecular formula is C11H7N5O2S2. The first-order valence-corrected chi connectivity index (χ1v) is 7.13. The van der Waals surface area contributed by atoms with E-state index >= 15 is 0 Å². The van der Waals surface area contributed by atoms with Gasteiger partial charge in [-0.25, -0.2) is 9.98 Å². The molecule has 0 saturated carbocycles. The van der Waals surface area contributed by atoms with Crippen LogP contribution in [0.1, 0.15) is 5.56 Å². The minimum atomic E-state index is -0.938. The molecule has 0 aliphatic carbocycles. The molecule has 0 saturated heterocycles. The molecule has 1 atom stereocenters. The normalized spacial score (nSPS) is 20.4. The second kappa shape index (κ2) is 5.10. The molecule has 0 spiro atoms. The fourth-order valence-corrected chi connectivity index (χ4v) is 3.66. The van der Waals surface area contributed by atoms with Crippen molar-refractivity contribution in [2.24, 2.45) is 15.2 Å². The van der Waals surface area contributed by atoms with Crippen molar-refractivity contribution in [3.05, 3.63) is 52.2 Å². The van der Waals surface area contributed by atoms with Crippen LogP contribution < -0.4 is 0 Å². The lowest BCUT2D eigenvalue weighted by atomic mass is 10.2. The van der Waals surface area contributed by atoms with Gasteiger partial charge in [0.25, 0.3) is 4.99 Å². The summed E-state index contributed by atoms with van der Waals surface area (Å²) < 4.78 is 0.526. The van der Waals surface area contributed by atoms with Crippen molar-refractivity contribution in [2.75, 3.05) is 0 Å². The van der Waals surface area contributed by atoms with Gasteiger partial charge in [0.1, 0.15) is 12.5 Å². The summed E-state index contributed by atoms with van der Waals surface area (Å²) in [5, 5.41) is 18.6. The van der Waals surface area contributed by atoms with Gasteiger partial charge in [-0.2, -0.15) is 0 Å². The van der Waals surface area contributed by atoms with Crippen LogP contribution in [0.15, 0.2) is 56.1 Å². The summed E-state index contributed by atoms with van der Waals surface area (Å²) >= 11 is 2.23. The Morgan fingerprint density at radius 3 is 2.70 bits per heavy atom. The summed E-state index contributed by atoms with van der Waals surface area (Å²) in [6.07, 6.45) is 2.61. The third-order valence-electron chi connectivity index (χ3n) is 2.51. The molecule has 0 N–H and O–H groups in total. The van der Waals surface area contributed by atoms with Gasteiger partial charge in [-0.05, 0) is 23.1 Å². The maximum Gasteiger partial charge on any atom is 0.344 e. The van der Waals surface area contributed by atoms with Gasteiger partial charge >= 0.3 is 5.00 Å². The van der Waals surface area contributed by atoms with Crippen molar-refractivity contribution >= 4 is 34.4 Å². The standard InChI is InChI=1S/C11H7N5O2S2/c17-16(18)9-6-12-10(19-9)20-11(13-7-14-15-11)8-4-2-1-3-5-8/h1-7H. The Labute approximate surface area is 121 Å². The lowest BCUT2D eigenvalue weighted by Crippen LogP contribution is -2.13. The van der Waals surface area contributed by atoms with Gasteiger partial charge in [-0.1, -0.05) is 30.3 Å². The van der Waals surface area contributed by atoms with Gasteiger partial charge in [0, 0.05) is 5.56 Å². The van der Waals surface area contributed by atoms with E-state index in [1.165, 1.54) is 24.3 Å². The van der Waals surface area contributed by atoms with E-state index in [0.717, 1.165) is 16.9 Å². The van der Waals surface area contributed by atoms with Crippen LogP contribution in [-0.2, 0) is 4.99 Å². The van der Waals surface area contributed by atoms with Crippen LogP contribution >= 0.6 is 23.1 Å². The second-order valence-electron chi connectivity index (χ2n) is 3.76. The predicted octanol–water partition coefficient (Wildman–Crippen LogP) is 3.45. The molecule has 2 heterocycles. The average molecular weight is 305 g/mol. The molecule has 0 radical (unpaired) electrons. The number of aromatic nitrogens is 1. The zero-order valence-corrected chi connectivity index (χ0v) is 11.5. The molecular weight excluding hydrogens is 298 g/mol. The van der Waals surface area contributed by atoms with Gasteiger partial charge < -0.3 is 0 Å². The van der Waals surface area contributed by atoms with Gasteiger partial charge in [0.05, 0.1) is 4.92 Å². The van der Waals surface area contributed by atoms with Crippen molar-refractivity contribution in [3.8, 4) is 0 Å². The molecule has 0 fully saturated rings. The zero-order valence-electron chi connectivity index (χ0n) is 9.91. The van der Waals surface area contributed by atoms with E-state index < -0.39 is 9.92 Å². The number of rotatable bonds is 4. The van der Waals surface area contributed by atoms with Crippen molar-refractivity contribution < 1.29 is 4.92 Å². The number of hydrogen-bond acceptors (Lipinski definition) is 8. The van der Waals surface area contributed by atoms with Crippen molar-refractivity contribution in [2.45, 2.75) is 9.33 Å². The topological polar surface area (TPSA) is 93.1 Å². The summed E-state index contributed by atoms with van der Waals surface area (Å²) in [7, 11) is 0. The molecule has 9 heteroatoms. The van der Waals surface area contributed by atoms with Gasteiger partial charge in [0.15, 0.2) is 4.34 Å². The Morgan fingerprint density at radius 2 is 2.10 bits per heavy atom. The Bertz CT molecular complexity index is 686. The Kier molecular flexibility index (Phi) is 3.28. The number of benzene rings is 1. The maximum absolute atomic E-state index is 10.7. The number of aliphatic imine (C=N–C) groups is 1. The molecule has 3 rings (SSSR count). The quantitative estimate of drug-likeness (QED) is 0.638. The number of thiazole rings is 1. The largest absolute Gasteiger partial charge is 0.344 e. The summed E-state index contributed by atoms with van der Waals surface area (Å²) in [6, 6.07) is 9.43. The first-order chi connectivity index (χ1) is 9.70. The van der Waals surface area contributed by atoms with Crippen molar-refractivity contribution in [1.29, 1.82) is 0 Å². The number of hydrogen-bond donors (Lipinski definition) is 0. The van der Waals surface area contributed by atoms with Crippen LogP contribution in [0.4, 0.5) is 5.00 Å². The van der Waals surface area contributed by atoms with Crippen LogP contribution in [-0.4, -0.2) is 16.2 Å². The van der Waals surface area contributed by atoms with E-state index in [0.29, 0.717) is 4.34 Å². The van der Waals surface area contributed by atoms with Gasteiger partial charge in [-0.15, -0.1) is 10.2 Å². The van der Waals surface area contributed by atoms with Crippen LogP contribution in [0.2, 0.25) is 0 Å². The van der Waals surface area contributed by atoms with Gasteiger partial charge in [0.2, 0.25) is 0 Å². The van der Waals surface area contributed by atoms with Crippen LogP contribution in [0.5, 0.6) is 0 Å². The highest BCUT2D eigenvalue weighted by atomic mass is 32.2. The molecule has 1 aromatic heterocycles. The summed E-state index contributed by atoms with van der Waals surface area (Å²) in [4.78, 5) is 17.6. The maximum atomic E-state index is 10.7. The molecule has 2 aromatic rings. The molecule has 1 aliphatic heterocycles. The van der Waals surface area contributed by atoms with E-state index in [2.05, 4.69) is 20.2 Å². The van der Waals surface area contributed by atoms with Crippen molar-refractivity contribution in [1.82, 2.24) is 4.98 Å². The number of nitro groups is 1. The van der Waals surface area contributed by atoms with E-state index in [-0.39, 0.29) is 5.00 Å². The fourth-order valence-electron chi connectivity index (χ4n) is 1.63. The van der Waals surface area contributed by atoms with Crippen LogP contribution in [0.25, 0.3) is 0 Å².